The minimum Gasteiger partial charge on any atom is -0.412 e. The molecule has 122 valence electrons. The fourth-order valence-corrected chi connectivity index (χ4v) is 0.309. The van der Waals surface area contributed by atoms with Gasteiger partial charge in [0.2, 0.25) is 0 Å². The van der Waals surface area contributed by atoms with E-state index >= 15 is 0 Å². The van der Waals surface area contributed by atoms with Crippen LogP contribution in [-0.2, 0) is 19.6 Å². The lowest BCUT2D eigenvalue weighted by molar-refractivity contribution is -0.195. The maximum atomic E-state index is 7.00. The quantitative estimate of drug-likeness (QED) is 0.203. The number of hydrogen-bond acceptors (Lipinski definition) is 5. The van der Waals surface area contributed by atoms with Crippen LogP contribution in [0.1, 0.15) is 8.29 Å². The number of allylic oxidation sites excluding steroid dienone is 1. The first-order chi connectivity index (χ1) is 10.7. The maximum absolute atomic E-state index is 7.00. The molecule has 0 atom stereocenters. The van der Waals surface area contributed by atoms with Crippen LogP contribution in [0.3, 0.4) is 0 Å². The molecule has 0 aliphatic heterocycles. The Labute approximate surface area is 133 Å². The highest BCUT2D eigenvalue weighted by molar-refractivity contribution is 4.73. The number of rotatable bonds is 6. The average Bonchev–Trinajstić information content (AvgIpc) is 2.55. The molecule has 0 unspecified atom stereocenters. The van der Waals surface area contributed by atoms with Gasteiger partial charge in [0, 0.05) is 7.11 Å². The van der Waals surface area contributed by atoms with Gasteiger partial charge in [-0.25, -0.2) is 0 Å². The van der Waals surface area contributed by atoms with Gasteiger partial charge in [0.15, 0.2) is 25.0 Å². The van der Waals surface area contributed by atoms with E-state index in [-0.39, 0.29) is 5.48 Å². The van der Waals surface area contributed by atoms with Crippen molar-refractivity contribution in [2.75, 3.05) is 7.11 Å². The van der Waals surface area contributed by atoms with Crippen LogP contribution in [0.4, 0.5) is 0 Å². The second-order valence-electron chi connectivity index (χ2n) is 1.92. The fraction of sp³-hybridized carbons (Fsp3) is 0.125. The van der Waals surface area contributed by atoms with Gasteiger partial charge >= 0.3 is 0 Å². The highest BCUT2D eigenvalue weighted by atomic mass is 17.2. The molecule has 0 spiro atoms. The Morgan fingerprint density at radius 1 is 0.909 bits per heavy atom. The number of aliphatic hydroxyl groups is 1. The van der Waals surface area contributed by atoms with E-state index < -0.39 is 0 Å². The SMILES string of the molecule is C=C=COOC=C=C.C=C=COOC=C=CC.CO.O.[2H]C#C. The average molecular weight is 311 g/mol. The van der Waals surface area contributed by atoms with Gasteiger partial charge in [-0.2, -0.15) is 0 Å². The third kappa shape index (κ3) is 69.1. The van der Waals surface area contributed by atoms with E-state index in [4.69, 9.17) is 6.48 Å². The van der Waals surface area contributed by atoms with Gasteiger partial charge in [0.1, 0.15) is 1.37 Å². The van der Waals surface area contributed by atoms with E-state index in [1.165, 1.54) is 31.4 Å². The minimum absolute atomic E-state index is 0. The van der Waals surface area contributed by atoms with Gasteiger partial charge in [-0.3, -0.25) is 19.6 Å². The van der Waals surface area contributed by atoms with Crippen molar-refractivity contribution in [2.45, 2.75) is 6.92 Å². The summed E-state index contributed by atoms with van der Waals surface area (Å²) in [7, 11) is 1.00. The van der Waals surface area contributed by atoms with Crippen molar-refractivity contribution < 1.29 is 31.5 Å². The molecule has 6 heteroatoms. The molecular formula is C16H22O6. The summed E-state index contributed by atoms with van der Waals surface area (Å²) in [5.74, 6) is 0. The third-order valence-electron chi connectivity index (χ3n) is 0.788. The molecular weight excluding hydrogens is 288 g/mol. The summed E-state index contributed by atoms with van der Waals surface area (Å²) in [6.45, 7) is 11.5. The molecule has 0 aromatic heterocycles. The molecule has 0 aromatic rings. The summed E-state index contributed by atoms with van der Waals surface area (Å²) in [4.78, 5) is 17.3. The molecule has 0 fully saturated rings. The lowest BCUT2D eigenvalue weighted by Gasteiger charge is -1.87. The van der Waals surface area contributed by atoms with Gasteiger partial charge < -0.3 is 10.6 Å². The molecule has 0 amide bonds. The van der Waals surface area contributed by atoms with Gasteiger partial charge in [0.05, 0.1) is 0 Å². The summed E-state index contributed by atoms with van der Waals surface area (Å²) in [5.41, 5.74) is 9.68. The van der Waals surface area contributed by atoms with Crippen molar-refractivity contribution in [3.63, 3.8) is 0 Å². The molecule has 22 heavy (non-hydrogen) atoms. The molecule has 0 radical (unpaired) electrons. The zero-order chi connectivity index (χ0) is 17.9. The Kier molecular flexibility index (Phi) is 64.7. The van der Waals surface area contributed by atoms with E-state index in [0.717, 1.165) is 7.11 Å². The summed E-state index contributed by atoms with van der Waals surface area (Å²) < 4.78 is 5.74. The Hall–Kier alpha value is -3.24. The molecule has 0 saturated carbocycles. The maximum Gasteiger partial charge on any atom is 0.184 e. The molecule has 0 aromatic carbocycles. The van der Waals surface area contributed by atoms with Crippen LogP contribution >= 0.6 is 0 Å². The van der Waals surface area contributed by atoms with Crippen molar-refractivity contribution in [2.24, 2.45) is 0 Å². The van der Waals surface area contributed by atoms with E-state index in [1.807, 2.05) is 6.92 Å². The largest absolute Gasteiger partial charge is 0.412 e. The summed E-state index contributed by atoms with van der Waals surface area (Å²) in [6, 6.07) is 0. The predicted molar refractivity (Wildman–Crippen MR) is 85.4 cm³/mol. The summed E-state index contributed by atoms with van der Waals surface area (Å²) >= 11 is 0. The number of aliphatic hydroxyl groups excluding tert-OH is 1. The molecule has 0 aliphatic rings. The molecule has 0 bridgehead atoms. The first-order valence-electron chi connectivity index (χ1n) is 5.59. The third-order valence-corrected chi connectivity index (χ3v) is 0.788. The Bertz CT molecular complexity index is 435. The first-order valence-corrected chi connectivity index (χ1v) is 5.09. The lowest BCUT2D eigenvalue weighted by Crippen LogP contribution is -1.71. The van der Waals surface area contributed by atoms with Crippen LogP contribution in [0.25, 0.3) is 0 Å². The number of terminal acetylenes is 1. The lowest BCUT2D eigenvalue weighted by atomic mass is 10.7. The molecule has 0 rings (SSSR count). The zero-order valence-corrected chi connectivity index (χ0v) is 12.7. The van der Waals surface area contributed by atoms with Gasteiger partial charge in [-0.1, -0.05) is 42.7 Å². The van der Waals surface area contributed by atoms with Crippen molar-refractivity contribution in [3.05, 3.63) is 73.8 Å². The van der Waals surface area contributed by atoms with Crippen molar-refractivity contribution in [1.29, 1.82) is 0 Å². The fourth-order valence-electron chi connectivity index (χ4n) is 0.309. The minimum atomic E-state index is 0. The van der Waals surface area contributed by atoms with Crippen LogP contribution in [-0.4, -0.2) is 17.7 Å². The topological polar surface area (TPSA) is 88.7 Å². The highest BCUT2D eigenvalue weighted by Crippen LogP contribution is 1.78. The Balaban J connectivity index is -0.0000000711. The van der Waals surface area contributed by atoms with Crippen LogP contribution in [0, 0.1) is 12.8 Å². The summed E-state index contributed by atoms with van der Waals surface area (Å²) in [5, 5.41) is 7.00. The van der Waals surface area contributed by atoms with E-state index in [2.05, 4.69) is 68.6 Å². The van der Waals surface area contributed by atoms with Gasteiger partial charge in [-0.15, -0.1) is 12.8 Å². The van der Waals surface area contributed by atoms with E-state index in [1.54, 1.807) is 6.08 Å². The first kappa shape index (κ1) is 27.2. The van der Waals surface area contributed by atoms with Crippen molar-refractivity contribution in [3.8, 4) is 12.8 Å². The Morgan fingerprint density at radius 2 is 1.18 bits per heavy atom. The Morgan fingerprint density at radius 3 is 1.41 bits per heavy atom. The monoisotopic (exact) mass is 311 g/mol. The standard InChI is InChI=1S/C7H8O2.C6H6O2.C2H2.CH4O.H2O/c1-3-5-7-9-8-6-4-2;1-3-5-7-8-6-4-2;2*1-2;/h3,6-7H,2H2,1H3;5-6H,1-2H2;1-2H;2H,1H3;1H2/i;;1D;;. The second-order valence-corrected chi connectivity index (χ2v) is 1.92. The highest BCUT2D eigenvalue weighted by Gasteiger charge is 1.65. The van der Waals surface area contributed by atoms with Crippen LogP contribution in [0.15, 0.2) is 73.8 Å². The van der Waals surface area contributed by atoms with Crippen LogP contribution in [0.5, 0.6) is 0 Å². The van der Waals surface area contributed by atoms with Crippen LogP contribution < -0.4 is 0 Å². The predicted octanol–water partition coefficient (Wildman–Crippen LogP) is 2.49. The molecule has 3 N–H and O–H groups in total. The van der Waals surface area contributed by atoms with E-state index in [9.17, 15) is 0 Å². The normalized spacial score (nSPS) is 5.09. The molecule has 6 nitrogen and oxygen atoms in total. The second kappa shape index (κ2) is 52.4. The molecule has 0 saturated heterocycles. The molecule has 0 aliphatic carbocycles. The van der Waals surface area contributed by atoms with Gasteiger partial charge in [0.25, 0.3) is 0 Å². The smallest absolute Gasteiger partial charge is 0.184 e. The van der Waals surface area contributed by atoms with Crippen LogP contribution in [0.2, 0.25) is 0 Å². The number of hydrogen-bond donors (Lipinski definition) is 1. The zero-order valence-electron chi connectivity index (χ0n) is 13.7. The summed E-state index contributed by atoms with van der Waals surface area (Å²) in [6.07, 6.45) is 12.3. The van der Waals surface area contributed by atoms with E-state index in [0.29, 0.717) is 0 Å². The van der Waals surface area contributed by atoms with Crippen molar-refractivity contribution >= 4 is 0 Å². The molecule has 0 heterocycles. The van der Waals surface area contributed by atoms with Crippen molar-refractivity contribution in [1.82, 2.24) is 0 Å². The van der Waals surface area contributed by atoms with Gasteiger partial charge in [-0.05, 0) is 13.0 Å².